The molecule has 1 heterocycles. The molecule has 1 aliphatic rings. The minimum Gasteiger partial charge on any atom is -0.336 e. The fourth-order valence-electron chi connectivity index (χ4n) is 3.64. The van der Waals surface area contributed by atoms with E-state index < -0.39 is 0 Å². The molecule has 156 valence electrons. The van der Waals surface area contributed by atoms with Gasteiger partial charge in [0.05, 0.1) is 0 Å². The molecule has 0 saturated carbocycles. The molecule has 0 N–H and O–H groups in total. The van der Waals surface area contributed by atoms with E-state index in [9.17, 15) is 9.59 Å². The molecule has 0 saturated heterocycles. The maximum absolute atomic E-state index is 13.5. The van der Waals surface area contributed by atoms with Gasteiger partial charge >= 0.3 is 0 Å². The average Bonchev–Trinajstić information content (AvgIpc) is 3.04. The molecule has 5 heteroatoms. The molecule has 4 rings (SSSR count). The van der Waals surface area contributed by atoms with Crippen LogP contribution in [0.5, 0.6) is 0 Å². The minimum atomic E-state index is -0.231. The number of nitrogens with zero attached hydrogens (tertiary/aromatic N) is 2. The highest BCUT2D eigenvalue weighted by Gasteiger charge is 2.41. The first-order valence-electron chi connectivity index (χ1n) is 10.4. The van der Waals surface area contributed by atoms with Crippen molar-refractivity contribution in [3.8, 4) is 0 Å². The van der Waals surface area contributed by atoms with Crippen LogP contribution in [0.2, 0.25) is 0 Å². The van der Waals surface area contributed by atoms with Gasteiger partial charge in [-0.3, -0.25) is 14.5 Å². The van der Waals surface area contributed by atoms with Crippen LogP contribution in [0.3, 0.4) is 0 Å². The summed E-state index contributed by atoms with van der Waals surface area (Å²) in [5.74, 6) is -0.454. The predicted octanol–water partition coefficient (Wildman–Crippen LogP) is 5.13. The van der Waals surface area contributed by atoms with Gasteiger partial charge in [-0.2, -0.15) is 0 Å². The standard InChI is InChI=1S/C26H24N2O2S/c1-2-27(21-14-8-4-9-15-21)23-24(31-22-16-10-5-11-17-22)26(30)28(25(23)29)19-18-20-12-6-3-7-13-20/h3-17H,2,18-19H2,1H3. The van der Waals surface area contributed by atoms with E-state index in [1.807, 2.05) is 103 Å². The average molecular weight is 429 g/mol. The summed E-state index contributed by atoms with van der Waals surface area (Å²) in [5.41, 5.74) is 2.46. The van der Waals surface area contributed by atoms with Crippen molar-refractivity contribution in [2.45, 2.75) is 18.2 Å². The number of para-hydroxylation sites is 1. The van der Waals surface area contributed by atoms with Gasteiger partial charge in [0.2, 0.25) is 0 Å². The quantitative estimate of drug-likeness (QED) is 0.467. The van der Waals surface area contributed by atoms with Gasteiger partial charge in [-0.15, -0.1) is 0 Å². The van der Waals surface area contributed by atoms with Crippen molar-refractivity contribution in [1.29, 1.82) is 0 Å². The molecule has 3 aromatic carbocycles. The zero-order chi connectivity index (χ0) is 21.6. The summed E-state index contributed by atoms with van der Waals surface area (Å²) in [5, 5.41) is 0. The Morgan fingerprint density at radius 2 is 1.35 bits per heavy atom. The number of rotatable bonds is 8. The van der Waals surface area contributed by atoms with Gasteiger partial charge < -0.3 is 4.90 Å². The predicted molar refractivity (Wildman–Crippen MR) is 126 cm³/mol. The van der Waals surface area contributed by atoms with Crippen LogP contribution in [-0.2, 0) is 16.0 Å². The smallest absolute Gasteiger partial charge is 0.278 e. The lowest BCUT2D eigenvalue weighted by atomic mass is 10.1. The molecule has 0 fully saturated rings. The Hall–Kier alpha value is -3.31. The number of carbonyl (C=O) groups is 2. The van der Waals surface area contributed by atoms with E-state index in [4.69, 9.17) is 0 Å². The first-order valence-corrected chi connectivity index (χ1v) is 11.2. The molecule has 0 atom stereocenters. The zero-order valence-corrected chi connectivity index (χ0v) is 18.2. The SMILES string of the molecule is CCN(C1=C(Sc2ccccc2)C(=O)N(CCc2ccccc2)C1=O)c1ccccc1. The number of imide groups is 1. The van der Waals surface area contributed by atoms with Crippen molar-refractivity contribution in [2.75, 3.05) is 18.0 Å². The second-order valence-electron chi connectivity index (χ2n) is 7.17. The first kappa shape index (κ1) is 20.9. The molecule has 4 nitrogen and oxygen atoms in total. The van der Waals surface area contributed by atoms with Crippen molar-refractivity contribution >= 4 is 29.3 Å². The van der Waals surface area contributed by atoms with Crippen LogP contribution in [0.15, 0.2) is 106 Å². The third-order valence-corrected chi connectivity index (χ3v) is 6.27. The topological polar surface area (TPSA) is 40.6 Å². The van der Waals surface area contributed by atoms with E-state index in [0.29, 0.717) is 30.1 Å². The molecule has 0 bridgehead atoms. The zero-order valence-electron chi connectivity index (χ0n) is 17.4. The molecule has 1 aliphatic heterocycles. The number of thioether (sulfide) groups is 1. The number of benzene rings is 3. The minimum absolute atomic E-state index is 0.223. The van der Waals surface area contributed by atoms with Crippen molar-refractivity contribution in [3.05, 3.63) is 107 Å². The largest absolute Gasteiger partial charge is 0.336 e. The summed E-state index contributed by atoms with van der Waals surface area (Å²) in [4.78, 5) is 31.7. The molecule has 0 unspecified atom stereocenters. The number of anilines is 1. The van der Waals surface area contributed by atoms with Crippen LogP contribution >= 0.6 is 11.8 Å². The summed E-state index contributed by atoms with van der Waals surface area (Å²) < 4.78 is 0. The molecule has 0 spiro atoms. The van der Waals surface area contributed by atoms with Crippen LogP contribution in [-0.4, -0.2) is 29.8 Å². The molecule has 31 heavy (non-hydrogen) atoms. The van der Waals surface area contributed by atoms with Gasteiger partial charge in [0.15, 0.2) is 0 Å². The lowest BCUT2D eigenvalue weighted by Crippen LogP contribution is -2.36. The number of carbonyl (C=O) groups excluding carboxylic acids is 2. The normalized spacial score (nSPS) is 13.8. The number of likely N-dealkylation sites (N-methyl/N-ethyl adjacent to an activating group) is 1. The van der Waals surface area contributed by atoms with Crippen molar-refractivity contribution < 1.29 is 9.59 Å². The monoisotopic (exact) mass is 428 g/mol. The van der Waals surface area contributed by atoms with E-state index in [2.05, 4.69) is 0 Å². The second kappa shape index (κ2) is 9.67. The maximum atomic E-state index is 13.5. The van der Waals surface area contributed by atoms with Gasteiger partial charge in [0, 0.05) is 23.7 Å². The second-order valence-corrected chi connectivity index (χ2v) is 8.25. The summed E-state index contributed by atoms with van der Waals surface area (Å²) in [6, 6.07) is 29.4. The van der Waals surface area contributed by atoms with Gasteiger partial charge in [0.1, 0.15) is 10.6 Å². The Morgan fingerprint density at radius 1 is 0.774 bits per heavy atom. The Morgan fingerprint density at radius 3 is 1.97 bits per heavy atom. The fraction of sp³-hybridized carbons (Fsp3) is 0.154. The van der Waals surface area contributed by atoms with Crippen LogP contribution in [0.25, 0.3) is 0 Å². The van der Waals surface area contributed by atoms with E-state index in [0.717, 1.165) is 16.1 Å². The van der Waals surface area contributed by atoms with Crippen LogP contribution in [0, 0.1) is 0 Å². The highest BCUT2D eigenvalue weighted by Crippen LogP contribution is 2.38. The lowest BCUT2D eigenvalue weighted by Gasteiger charge is -2.24. The van der Waals surface area contributed by atoms with Crippen LogP contribution in [0.1, 0.15) is 12.5 Å². The number of hydrogen-bond acceptors (Lipinski definition) is 4. The maximum Gasteiger partial charge on any atom is 0.278 e. The van der Waals surface area contributed by atoms with Gasteiger partial charge in [-0.05, 0) is 43.2 Å². The van der Waals surface area contributed by atoms with Crippen molar-refractivity contribution in [2.24, 2.45) is 0 Å². The highest BCUT2D eigenvalue weighted by atomic mass is 32.2. The Kier molecular flexibility index (Phi) is 6.53. The Balaban J connectivity index is 1.68. The summed E-state index contributed by atoms with van der Waals surface area (Å²) >= 11 is 1.36. The summed E-state index contributed by atoms with van der Waals surface area (Å²) in [7, 11) is 0. The van der Waals surface area contributed by atoms with E-state index >= 15 is 0 Å². The third-order valence-electron chi connectivity index (χ3n) is 5.19. The molecule has 0 radical (unpaired) electrons. The molecule has 0 aliphatic carbocycles. The van der Waals surface area contributed by atoms with Gasteiger partial charge in [0.25, 0.3) is 11.8 Å². The highest BCUT2D eigenvalue weighted by molar-refractivity contribution is 8.04. The van der Waals surface area contributed by atoms with Crippen LogP contribution in [0.4, 0.5) is 5.69 Å². The Labute approximate surface area is 187 Å². The summed E-state index contributed by atoms with van der Waals surface area (Å²) in [6.45, 7) is 2.94. The Bertz CT molecular complexity index is 1080. The molecule has 3 aromatic rings. The third kappa shape index (κ3) is 4.57. The van der Waals surface area contributed by atoms with E-state index in [1.165, 1.54) is 16.7 Å². The first-order chi connectivity index (χ1) is 15.2. The molecular formula is C26H24N2O2S. The van der Waals surface area contributed by atoms with E-state index in [-0.39, 0.29) is 11.8 Å². The lowest BCUT2D eigenvalue weighted by molar-refractivity contribution is -0.137. The fourth-order valence-corrected chi connectivity index (χ4v) is 4.66. The van der Waals surface area contributed by atoms with Gasteiger partial charge in [-0.1, -0.05) is 78.5 Å². The van der Waals surface area contributed by atoms with Crippen LogP contribution < -0.4 is 4.90 Å². The van der Waals surface area contributed by atoms with Crippen molar-refractivity contribution in [1.82, 2.24) is 4.90 Å². The van der Waals surface area contributed by atoms with Crippen molar-refractivity contribution in [3.63, 3.8) is 0 Å². The molecule has 2 amide bonds. The summed E-state index contributed by atoms with van der Waals surface area (Å²) in [6.07, 6.45) is 0.631. The number of hydrogen-bond donors (Lipinski definition) is 0. The molecular weight excluding hydrogens is 404 g/mol. The molecule has 0 aromatic heterocycles. The van der Waals surface area contributed by atoms with E-state index in [1.54, 1.807) is 0 Å². The van der Waals surface area contributed by atoms with Gasteiger partial charge in [-0.25, -0.2) is 0 Å². The number of amides is 2.